The Morgan fingerprint density at radius 1 is 1.17 bits per heavy atom. The minimum absolute atomic E-state index is 0.0672. The zero-order valence-electron chi connectivity index (χ0n) is 10.7. The van der Waals surface area contributed by atoms with Crippen molar-refractivity contribution in [1.82, 2.24) is 5.01 Å². The highest BCUT2D eigenvalue weighted by Gasteiger charge is 2.22. The van der Waals surface area contributed by atoms with Gasteiger partial charge in [-0.3, -0.25) is 5.01 Å². The summed E-state index contributed by atoms with van der Waals surface area (Å²) in [5.74, 6) is -1.15. The van der Waals surface area contributed by atoms with E-state index in [0.29, 0.717) is 12.1 Å². The monoisotopic (exact) mass is 252 g/mol. The molecule has 1 saturated heterocycles. The third-order valence-electron chi connectivity index (χ3n) is 3.47. The lowest BCUT2D eigenvalue weighted by Crippen LogP contribution is -2.39. The van der Waals surface area contributed by atoms with Gasteiger partial charge in [0, 0.05) is 12.1 Å². The summed E-state index contributed by atoms with van der Waals surface area (Å²) in [7, 11) is 0. The van der Waals surface area contributed by atoms with Crippen LogP contribution in [0.2, 0.25) is 0 Å². The van der Waals surface area contributed by atoms with Crippen LogP contribution in [0.4, 0.5) is 8.78 Å². The molecular weight excluding hydrogens is 234 g/mol. The Hall–Kier alpha value is -1.45. The van der Waals surface area contributed by atoms with Crippen LogP contribution >= 0.6 is 0 Å². The fraction of sp³-hybridized carbons (Fsp3) is 0.500. The van der Waals surface area contributed by atoms with E-state index in [9.17, 15) is 8.78 Å². The molecular formula is C14H18F2N2. The second-order valence-electron chi connectivity index (χ2n) is 4.89. The maximum Gasteiger partial charge on any atom is 0.134 e. The van der Waals surface area contributed by atoms with Crippen LogP contribution in [0.15, 0.2) is 23.3 Å². The maximum atomic E-state index is 13.4. The molecule has 0 aliphatic carbocycles. The number of nitrogens with zero attached hydrogens (tertiary/aromatic N) is 2. The fourth-order valence-electron chi connectivity index (χ4n) is 2.39. The quantitative estimate of drug-likeness (QED) is 0.735. The number of piperidine rings is 1. The summed E-state index contributed by atoms with van der Waals surface area (Å²) in [6.45, 7) is 4.18. The van der Waals surface area contributed by atoms with Crippen LogP contribution in [0.5, 0.6) is 0 Å². The SMILES string of the molecule is C[C@H]1CCC[C@H](C)N1N=Cc1c(F)cccc1F. The van der Waals surface area contributed by atoms with E-state index in [-0.39, 0.29) is 5.56 Å². The molecule has 0 amide bonds. The fourth-order valence-corrected chi connectivity index (χ4v) is 2.39. The first kappa shape index (κ1) is 13.0. The van der Waals surface area contributed by atoms with E-state index in [2.05, 4.69) is 18.9 Å². The molecule has 1 aliphatic heterocycles. The summed E-state index contributed by atoms with van der Waals surface area (Å²) in [5, 5.41) is 6.21. The van der Waals surface area contributed by atoms with Gasteiger partial charge in [0.2, 0.25) is 0 Å². The average molecular weight is 252 g/mol. The van der Waals surface area contributed by atoms with E-state index in [0.717, 1.165) is 12.8 Å². The summed E-state index contributed by atoms with van der Waals surface area (Å²) < 4.78 is 26.9. The molecule has 0 aromatic heterocycles. The summed E-state index contributed by atoms with van der Waals surface area (Å²) in [5.41, 5.74) is -0.0672. The molecule has 1 aliphatic rings. The second kappa shape index (κ2) is 5.46. The summed E-state index contributed by atoms with van der Waals surface area (Å²) in [6, 6.07) is 4.48. The molecule has 0 bridgehead atoms. The van der Waals surface area contributed by atoms with Crippen LogP contribution in [-0.2, 0) is 0 Å². The van der Waals surface area contributed by atoms with Crippen molar-refractivity contribution in [2.45, 2.75) is 45.2 Å². The Balaban J connectivity index is 2.19. The van der Waals surface area contributed by atoms with Gasteiger partial charge in [-0.25, -0.2) is 8.78 Å². The molecule has 0 radical (unpaired) electrons. The van der Waals surface area contributed by atoms with E-state index >= 15 is 0 Å². The van der Waals surface area contributed by atoms with Gasteiger partial charge in [-0.2, -0.15) is 5.10 Å². The highest BCUT2D eigenvalue weighted by Crippen LogP contribution is 2.22. The molecule has 0 unspecified atom stereocenters. The first-order valence-corrected chi connectivity index (χ1v) is 6.36. The number of hydrazone groups is 1. The smallest absolute Gasteiger partial charge is 0.134 e. The molecule has 98 valence electrons. The van der Waals surface area contributed by atoms with Crippen LogP contribution in [0.1, 0.15) is 38.7 Å². The van der Waals surface area contributed by atoms with Crippen molar-refractivity contribution < 1.29 is 8.78 Å². The zero-order chi connectivity index (χ0) is 13.1. The highest BCUT2D eigenvalue weighted by molar-refractivity contribution is 5.80. The van der Waals surface area contributed by atoms with E-state index in [1.54, 1.807) is 0 Å². The standard InChI is InChI=1S/C14H18F2N2/c1-10-5-3-6-11(2)18(10)17-9-12-13(15)7-4-8-14(12)16/h4,7-11H,3,5-6H2,1-2H3/t10-,11-/m0/s1. The number of halogens is 2. The van der Waals surface area contributed by atoms with Crippen LogP contribution < -0.4 is 0 Å². The van der Waals surface area contributed by atoms with Crippen molar-refractivity contribution >= 4 is 6.21 Å². The van der Waals surface area contributed by atoms with Crippen LogP contribution in [-0.4, -0.2) is 23.3 Å². The molecule has 1 aromatic rings. The number of hydrogen-bond acceptors (Lipinski definition) is 2. The molecule has 4 heteroatoms. The normalized spacial score (nSPS) is 24.8. The Morgan fingerprint density at radius 3 is 2.28 bits per heavy atom. The molecule has 1 fully saturated rings. The van der Waals surface area contributed by atoms with Gasteiger partial charge < -0.3 is 0 Å². The topological polar surface area (TPSA) is 15.6 Å². The van der Waals surface area contributed by atoms with Crippen molar-refractivity contribution in [3.05, 3.63) is 35.4 Å². The van der Waals surface area contributed by atoms with Gasteiger partial charge >= 0.3 is 0 Å². The third-order valence-corrected chi connectivity index (χ3v) is 3.47. The summed E-state index contributed by atoms with van der Waals surface area (Å²) >= 11 is 0. The van der Waals surface area contributed by atoms with Crippen LogP contribution in [0.25, 0.3) is 0 Å². The molecule has 0 N–H and O–H groups in total. The Bertz CT molecular complexity index is 415. The summed E-state index contributed by atoms with van der Waals surface area (Å²) in [6.07, 6.45) is 4.62. The largest absolute Gasteiger partial charge is 0.292 e. The first-order chi connectivity index (χ1) is 8.59. The van der Waals surface area contributed by atoms with Gasteiger partial charge in [-0.1, -0.05) is 6.07 Å². The predicted molar refractivity (Wildman–Crippen MR) is 68.6 cm³/mol. The Labute approximate surface area is 106 Å². The molecule has 0 saturated carbocycles. The molecule has 0 spiro atoms. The van der Waals surface area contributed by atoms with E-state index < -0.39 is 11.6 Å². The maximum absolute atomic E-state index is 13.4. The molecule has 2 atom stereocenters. The van der Waals surface area contributed by atoms with Gasteiger partial charge in [0.1, 0.15) is 11.6 Å². The summed E-state index contributed by atoms with van der Waals surface area (Å²) in [4.78, 5) is 0. The molecule has 2 nitrogen and oxygen atoms in total. The van der Waals surface area contributed by atoms with Crippen molar-refractivity contribution in [1.29, 1.82) is 0 Å². The third kappa shape index (κ3) is 2.68. The lowest BCUT2D eigenvalue weighted by atomic mass is 10.00. The Morgan fingerprint density at radius 2 is 1.72 bits per heavy atom. The van der Waals surface area contributed by atoms with Crippen molar-refractivity contribution in [3.63, 3.8) is 0 Å². The number of rotatable bonds is 2. The average Bonchev–Trinajstić information content (AvgIpc) is 2.31. The lowest BCUT2D eigenvalue weighted by Gasteiger charge is -2.36. The highest BCUT2D eigenvalue weighted by atomic mass is 19.1. The van der Waals surface area contributed by atoms with Crippen LogP contribution in [0, 0.1) is 11.6 Å². The minimum Gasteiger partial charge on any atom is -0.292 e. The number of benzene rings is 1. The van der Waals surface area contributed by atoms with Crippen LogP contribution in [0.3, 0.4) is 0 Å². The molecule has 1 aromatic carbocycles. The van der Waals surface area contributed by atoms with Crippen molar-refractivity contribution in [2.24, 2.45) is 5.10 Å². The van der Waals surface area contributed by atoms with Gasteiger partial charge in [0.05, 0.1) is 11.8 Å². The lowest BCUT2D eigenvalue weighted by molar-refractivity contribution is 0.109. The zero-order valence-corrected chi connectivity index (χ0v) is 10.7. The second-order valence-corrected chi connectivity index (χ2v) is 4.89. The van der Waals surface area contributed by atoms with Gasteiger partial charge in [-0.05, 0) is 45.2 Å². The first-order valence-electron chi connectivity index (χ1n) is 6.36. The molecule has 18 heavy (non-hydrogen) atoms. The minimum atomic E-state index is -0.573. The van der Waals surface area contributed by atoms with Gasteiger partial charge in [0.15, 0.2) is 0 Å². The number of hydrogen-bond donors (Lipinski definition) is 0. The van der Waals surface area contributed by atoms with E-state index in [1.807, 2.05) is 5.01 Å². The van der Waals surface area contributed by atoms with E-state index in [4.69, 9.17) is 0 Å². The molecule has 2 rings (SSSR count). The molecule has 1 heterocycles. The Kier molecular flexibility index (Phi) is 3.94. The van der Waals surface area contributed by atoms with Gasteiger partial charge in [0.25, 0.3) is 0 Å². The predicted octanol–water partition coefficient (Wildman–Crippen LogP) is 3.56. The van der Waals surface area contributed by atoms with E-state index in [1.165, 1.54) is 30.8 Å². The van der Waals surface area contributed by atoms with Crippen molar-refractivity contribution in [2.75, 3.05) is 0 Å². The van der Waals surface area contributed by atoms with Gasteiger partial charge in [-0.15, -0.1) is 0 Å². The van der Waals surface area contributed by atoms with Crippen molar-refractivity contribution in [3.8, 4) is 0 Å².